The Morgan fingerprint density at radius 3 is 2.75 bits per heavy atom. The Kier molecular flexibility index (Phi) is 4.34. The first-order valence-corrected chi connectivity index (χ1v) is 8.24. The summed E-state index contributed by atoms with van der Waals surface area (Å²) < 4.78 is 27.9. The molecule has 0 aliphatic heterocycles. The number of unbranched alkanes of at least 4 members (excludes halogenated alkanes) is 1. The number of nitrogens with zero attached hydrogens (tertiary/aromatic N) is 4. The minimum absolute atomic E-state index is 0.124. The Bertz CT molecular complexity index is 708. The Balaban J connectivity index is 2.19. The molecule has 2 rings (SSSR count). The maximum Gasteiger partial charge on any atom is 0.255 e. The van der Waals surface area contributed by atoms with Gasteiger partial charge in [-0.1, -0.05) is 13.3 Å². The highest BCUT2D eigenvalue weighted by Gasteiger charge is 2.13. The standard InChI is InChI=1S/C12H19N5O2S/c1-4-5-6-20(18,19)13-8-11-15-16-12-14-9(2)7-10(3)17(11)12/h7,13H,4-6,8H2,1-3H3. The quantitative estimate of drug-likeness (QED) is 0.858. The van der Waals surface area contributed by atoms with Gasteiger partial charge in [0.05, 0.1) is 12.3 Å². The molecule has 0 radical (unpaired) electrons. The average Bonchev–Trinajstić information content (AvgIpc) is 2.77. The van der Waals surface area contributed by atoms with E-state index in [0.29, 0.717) is 18.0 Å². The van der Waals surface area contributed by atoms with Crippen LogP contribution in [0.2, 0.25) is 0 Å². The Morgan fingerprint density at radius 1 is 1.30 bits per heavy atom. The molecule has 0 saturated heterocycles. The van der Waals surface area contributed by atoms with E-state index in [4.69, 9.17) is 0 Å². The number of aromatic nitrogens is 4. The third kappa shape index (κ3) is 3.31. The molecule has 0 atom stereocenters. The second-order valence-corrected chi connectivity index (χ2v) is 6.71. The normalized spacial score (nSPS) is 12.2. The molecule has 0 aliphatic carbocycles. The second-order valence-electron chi connectivity index (χ2n) is 4.78. The minimum atomic E-state index is -3.26. The highest BCUT2D eigenvalue weighted by molar-refractivity contribution is 7.89. The minimum Gasteiger partial charge on any atom is -0.266 e. The number of hydrogen-bond acceptors (Lipinski definition) is 5. The molecule has 0 amide bonds. The SMILES string of the molecule is CCCCS(=O)(=O)NCc1nnc2nc(C)cc(C)n12. The first-order chi connectivity index (χ1) is 9.43. The van der Waals surface area contributed by atoms with Crippen LogP contribution in [0.1, 0.15) is 37.0 Å². The molecule has 1 N–H and O–H groups in total. The van der Waals surface area contributed by atoms with Crippen molar-refractivity contribution < 1.29 is 8.42 Å². The van der Waals surface area contributed by atoms with E-state index in [1.165, 1.54) is 0 Å². The number of rotatable bonds is 6. The van der Waals surface area contributed by atoms with Crippen molar-refractivity contribution in [1.29, 1.82) is 0 Å². The van der Waals surface area contributed by atoms with Crippen LogP contribution in [0, 0.1) is 13.8 Å². The van der Waals surface area contributed by atoms with Gasteiger partial charge in [0.25, 0.3) is 5.78 Å². The van der Waals surface area contributed by atoms with E-state index in [-0.39, 0.29) is 12.3 Å². The van der Waals surface area contributed by atoms with E-state index in [9.17, 15) is 8.42 Å². The van der Waals surface area contributed by atoms with Crippen LogP contribution in [0.25, 0.3) is 5.78 Å². The van der Waals surface area contributed by atoms with Gasteiger partial charge in [-0.15, -0.1) is 10.2 Å². The van der Waals surface area contributed by atoms with Gasteiger partial charge >= 0.3 is 0 Å². The molecule has 0 unspecified atom stereocenters. The molecule has 2 aromatic rings. The molecule has 110 valence electrons. The molecular formula is C12H19N5O2S. The van der Waals surface area contributed by atoms with Crippen molar-refractivity contribution in [2.75, 3.05) is 5.75 Å². The molecule has 8 heteroatoms. The van der Waals surface area contributed by atoms with Gasteiger partial charge in [0, 0.05) is 11.4 Å². The van der Waals surface area contributed by atoms with E-state index < -0.39 is 10.0 Å². The first-order valence-electron chi connectivity index (χ1n) is 6.58. The molecule has 20 heavy (non-hydrogen) atoms. The van der Waals surface area contributed by atoms with Crippen molar-refractivity contribution >= 4 is 15.8 Å². The van der Waals surface area contributed by atoms with Crippen molar-refractivity contribution in [3.05, 3.63) is 23.3 Å². The summed E-state index contributed by atoms with van der Waals surface area (Å²) in [4.78, 5) is 4.26. The Morgan fingerprint density at radius 2 is 2.05 bits per heavy atom. The summed E-state index contributed by atoms with van der Waals surface area (Å²) in [5.74, 6) is 1.17. The van der Waals surface area contributed by atoms with E-state index in [2.05, 4.69) is 19.9 Å². The molecule has 2 heterocycles. The van der Waals surface area contributed by atoms with Crippen LogP contribution in [0.15, 0.2) is 6.07 Å². The lowest BCUT2D eigenvalue weighted by atomic mass is 10.3. The van der Waals surface area contributed by atoms with Crippen LogP contribution in [-0.4, -0.2) is 33.8 Å². The molecule has 7 nitrogen and oxygen atoms in total. The first kappa shape index (κ1) is 14.9. The molecule has 2 aromatic heterocycles. The topological polar surface area (TPSA) is 89.2 Å². The maximum atomic E-state index is 11.8. The summed E-state index contributed by atoms with van der Waals surface area (Å²) in [5.41, 5.74) is 1.79. The summed E-state index contributed by atoms with van der Waals surface area (Å²) in [6.07, 6.45) is 1.49. The van der Waals surface area contributed by atoms with Crippen molar-refractivity contribution in [2.45, 2.75) is 40.2 Å². The van der Waals surface area contributed by atoms with Crippen LogP contribution < -0.4 is 4.72 Å². The lowest BCUT2D eigenvalue weighted by molar-refractivity contribution is 0.575. The lowest BCUT2D eigenvalue weighted by Gasteiger charge is -2.06. The zero-order chi connectivity index (χ0) is 14.8. The fourth-order valence-corrected chi connectivity index (χ4v) is 3.16. The van der Waals surface area contributed by atoms with Crippen molar-refractivity contribution in [2.24, 2.45) is 0 Å². The number of hydrogen-bond donors (Lipinski definition) is 1. The van der Waals surface area contributed by atoms with Gasteiger partial charge in [0.1, 0.15) is 0 Å². The summed E-state index contributed by atoms with van der Waals surface area (Å²) in [6, 6.07) is 1.91. The van der Waals surface area contributed by atoms with Gasteiger partial charge in [-0.05, 0) is 26.3 Å². The van der Waals surface area contributed by atoms with Crippen LogP contribution in [0.5, 0.6) is 0 Å². The van der Waals surface area contributed by atoms with Gasteiger partial charge in [0.2, 0.25) is 10.0 Å². The molecule has 0 fully saturated rings. The number of sulfonamides is 1. The summed E-state index contributed by atoms with van der Waals surface area (Å²) in [6.45, 7) is 5.88. The fraction of sp³-hybridized carbons (Fsp3) is 0.583. The lowest BCUT2D eigenvalue weighted by Crippen LogP contribution is -2.27. The maximum absolute atomic E-state index is 11.8. The van der Waals surface area contributed by atoms with Crippen LogP contribution in [0.4, 0.5) is 0 Å². The average molecular weight is 297 g/mol. The molecule has 0 spiro atoms. The van der Waals surface area contributed by atoms with Crippen LogP contribution >= 0.6 is 0 Å². The highest BCUT2D eigenvalue weighted by Crippen LogP contribution is 2.08. The zero-order valence-corrected chi connectivity index (χ0v) is 12.7. The predicted octanol–water partition coefficient (Wildman–Crippen LogP) is 0.961. The van der Waals surface area contributed by atoms with Crippen molar-refractivity contribution in [3.8, 4) is 0 Å². The zero-order valence-electron chi connectivity index (χ0n) is 11.9. The van der Waals surface area contributed by atoms with Crippen molar-refractivity contribution in [1.82, 2.24) is 24.3 Å². The monoisotopic (exact) mass is 297 g/mol. The largest absolute Gasteiger partial charge is 0.266 e. The van der Waals surface area contributed by atoms with E-state index in [1.807, 2.05) is 26.8 Å². The smallest absolute Gasteiger partial charge is 0.255 e. The van der Waals surface area contributed by atoms with E-state index >= 15 is 0 Å². The Labute approximate surface area is 118 Å². The third-order valence-electron chi connectivity index (χ3n) is 2.98. The van der Waals surface area contributed by atoms with E-state index in [0.717, 1.165) is 17.8 Å². The van der Waals surface area contributed by atoms with Crippen LogP contribution in [-0.2, 0) is 16.6 Å². The van der Waals surface area contributed by atoms with Crippen molar-refractivity contribution in [3.63, 3.8) is 0 Å². The van der Waals surface area contributed by atoms with Gasteiger partial charge < -0.3 is 0 Å². The van der Waals surface area contributed by atoms with Crippen LogP contribution in [0.3, 0.4) is 0 Å². The summed E-state index contributed by atoms with van der Waals surface area (Å²) in [5, 5.41) is 7.97. The van der Waals surface area contributed by atoms with Gasteiger partial charge in [-0.3, -0.25) is 4.40 Å². The number of aryl methyl sites for hydroxylation is 2. The van der Waals surface area contributed by atoms with Gasteiger partial charge in [0.15, 0.2) is 5.82 Å². The second kappa shape index (κ2) is 5.84. The van der Waals surface area contributed by atoms with Gasteiger partial charge in [-0.25, -0.2) is 18.1 Å². The summed E-state index contributed by atoms with van der Waals surface area (Å²) >= 11 is 0. The molecule has 0 aliphatic rings. The molecule has 0 bridgehead atoms. The Hall–Kier alpha value is -1.54. The highest BCUT2D eigenvalue weighted by atomic mass is 32.2. The molecular weight excluding hydrogens is 278 g/mol. The number of fused-ring (bicyclic) bond motifs is 1. The fourth-order valence-electron chi connectivity index (χ4n) is 1.99. The third-order valence-corrected chi connectivity index (χ3v) is 4.39. The van der Waals surface area contributed by atoms with Gasteiger partial charge in [-0.2, -0.15) is 0 Å². The number of nitrogens with one attached hydrogen (secondary N) is 1. The summed E-state index contributed by atoms with van der Waals surface area (Å²) in [7, 11) is -3.26. The molecule has 0 aromatic carbocycles. The molecule has 0 saturated carbocycles. The predicted molar refractivity (Wildman–Crippen MR) is 75.8 cm³/mol. The van der Waals surface area contributed by atoms with E-state index in [1.54, 1.807) is 4.40 Å².